The summed E-state index contributed by atoms with van der Waals surface area (Å²) in [6.45, 7) is 0.0207. The van der Waals surface area contributed by atoms with Gasteiger partial charge in [-0.2, -0.15) is 0 Å². The van der Waals surface area contributed by atoms with Crippen molar-refractivity contribution in [1.29, 1.82) is 0 Å². The van der Waals surface area contributed by atoms with E-state index in [4.69, 9.17) is 15.7 Å². The normalized spacial score (nSPS) is 11.5. The monoisotopic (exact) mass is 356 g/mol. The van der Waals surface area contributed by atoms with Gasteiger partial charge in [-0.3, -0.25) is 0 Å². The van der Waals surface area contributed by atoms with Gasteiger partial charge in [-0.25, -0.2) is 8.78 Å². The van der Waals surface area contributed by atoms with Crippen molar-refractivity contribution in [2.75, 3.05) is 0 Å². The summed E-state index contributed by atoms with van der Waals surface area (Å²) in [6.07, 6.45) is 0. The molecule has 0 aromatic heterocycles. The maximum atomic E-state index is 13.4. The zero-order chi connectivity index (χ0) is 15.4. The van der Waals surface area contributed by atoms with Gasteiger partial charge in [0.15, 0.2) is 5.84 Å². The Hall–Kier alpha value is -2.15. The van der Waals surface area contributed by atoms with Gasteiger partial charge in [-0.1, -0.05) is 11.2 Å². The summed E-state index contributed by atoms with van der Waals surface area (Å²) in [6, 6.07) is 8.14. The molecule has 0 saturated heterocycles. The van der Waals surface area contributed by atoms with Gasteiger partial charge in [-0.05, 0) is 40.2 Å². The fourth-order valence-corrected chi connectivity index (χ4v) is 1.94. The highest BCUT2D eigenvalue weighted by molar-refractivity contribution is 9.10. The van der Waals surface area contributed by atoms with Crippen molar-refractivity contribution in [1.82, 2.24) is 0 Å². The maximum absolute atomic E-state index is 13.4. The lowest BCUT2D eigenvalue weighted by atomic mass is 10.1. The average Bonchev–Trinajstić information content (AvgIpc) is 2.48. The molecule has 0 aliphatic rings. The molecule has 0 radical (unpaired) electrons. The topological polar surface area (TPSA) is 67.8 Å². The molecule has 0 bridgehead atoms. The third kappa shape index (κ3) is 3.69. The molecule has 0 aliphatic heterocycles. The standard InChI is InChI=1S/C14H11BrF2N2O2/c15-12-4-3-10(6-13(12)17)21-7-8-1-2-9(16)5-11(8)14(18)19-20/h1-6,20H,7H2,(H2,18,19). The summed E-state index contributed by atoms with van der Waals surface area (Å²) in [5.41, 5.74) is 6.22. The highest BCUT2D eigenvalue weighted by atomic mass is 79.9. The molecule has 0 amide bonds. The molecule has 2 rings (SSSR count). The first-order valence-corrected chi connectivity index (χ1v) is 6.64. The van der Waals surface area contributed by atoms with Crippen LogP contribution in [0.4, 0.5) is 8.78 Å². The third-order valence-corrected chi connectivity index (χ3v) is 3.38. The number of ether oxygens (including phenoxy) is 1. The van der Waals surface area contributed by atoms with Gasteiger partial charge in [-0.15, -0.1) is 0 Å². The molecule has 2 aromatic carbocycles. The van der Waals surface area contributed by atoms with Crippen LogP contribution in [-0.4, -0.2) is 11.0 Å². The van der Waals surface area contributed by atoms with Gasteiger partial charge in [0.1, 0.15) is 24.0 Å². The van der Waals surface area contributed by atoms with E-state index in [2.05, 4.69) is 21.1 Å². The molecular weight excluding hydrogens is 346 g/mol. The van der Waals surface area contributed by atoms with E-state index < -0.39 is 11.6 Å². The maximum Gasteiger partial charge on any atom is 0.170 e. The number of amidine groups is 1. The quantitative estimate of drug-likeness (QED) is 0.381. The fraction of sp³-hybridized carbons (Fsp3) is 0.0714. The molecular formula is C14H11BrF2N2O2. The van der Waals surface area contributed by atoms with E-state index in [1.807, 2.05) is 0 Å². The number of hydrogen-bond acceptors (Lipinski definition) is 3. The Kier molecular flexibility index (Phi) is 4.74. The van der Waals surface area contributed by atoms with E-state index in [-0.39, 0.29) is 18.0 Å². The molecule has 7 heteroatoms. The first-order chi connectivity index (χ1) is 10.0. The Labute approximate surface area is 128 Å². The van der Waals surface area contributed by atoms with Gasteiger partial charge in [0.25, 0.3) is 0 Å². The minimum atomic E-state index is -0.518. The smallest absolute Gasteiger partial charge is 0.170 e. The second kappa shape index (κ2) is 6.53. The highest BCUT2D eigenvalue weighted by Crippen LogP contribution is 2.22. The number of halogens is 3. The minimum Gasteiger partial charge on any atom is -0.489 e. The average molecular weight is 357 g/mol. The highest BCUT2D eigenvalue weighted by Gasteiger charge is 2.10. The van der Waals surface area contributed by atoms with Crippen LogP contribution in [0.15, 0.2) is 46.0 Å². The van der Waals surface area contributed by atoms with Crippen molar-refractivity contribution in [3.05, 3.63) is 63.6 Å². The van der Waals surface area contributed by atoms with Crippen LogP contribution in [0.1, 0.15) is 11.1 Å². The fourth-order valence-electron chi connectivity index (χ4n) is 1.69. The zero-order valence-electron chi connectivity index (χ0n) is 10.7. The Morgan fingerprint density at radius 3 is 2.67 bits per heavy atom. The Balaban J connectivity index is 2.21. The van der Waals surface area contributed by atoms with Crippen LogP contribution in [0.3, 0.4) is 0 Å². The van der Waals surface area contributed by atoms with E-state index in [9.17, 15) is 8.78 Å². The SMILES string of the molecule is NC(=NO)c1cc(F)ccc1COc1ccc(Br)c(F)c1. The summed E-state index contributed by atoms with van der Waals surface area (Å²) in [5.74, 6) is -0.890. The molecule has 21 heavy (non-hydrogen) atoms. The van der Waals surface area contributed by atoms with Crippen LogP contribution < -0.4 is 10.5 Å². The van der Waals surface area contributed by atoms with Crippen LogP contribution in [0.2, 0.25) is 0 Å². The largest absolute Gasteiger partial charge is 0.489 e. The van der Waals surface area contributed by atoms with Crippen molar-refractivity contribution < 1.29 is 18.7 Å². The van der Waals surface area contributed by atoms with E-state index in [1.54, 1.807) is 6.07 Å². The lowest BCUT2D eigenvalue weighted by Crippen LogP contribution is -2.17. The number of hydrogen-bond donors (Lipinski definition) is 2. The zero-order valence-corrected chi connectivity index (χ0v) is 12.3. The van der Waals surface area contributed by atoms with Crippen LogP contribution in [0.5, 0.6) is 5.75 Å². The second-order valence-corrected chi connectivity index (χ2v) is 5.01. The van der Waals surface area contributed by atoms with Crippen molar-refractivity contribution in [2.24, 2.45) is 10.9 Å². The van der Waals surface area contributed by atoms with Crippen LogP contribution in [0, 0.1) is 11.6 Å². The van der Waals surface area contributed by atoms with Crippen molar-refractivity contribution in [2.45, 2.75) is 6.61 Å². The number of nitrogens with two attached hydrogens (primary N) is 1. The molecule has 0 unspecified atom stereocenters. The number of rotatable bonds is 4. The third-order valence-electron chi connectivity index (χ3n) is 2.74. The van der Waals surface area contributed by atoms with Crippen molar-refractivity contribution >= 4 is 21.8 Å². The molecule has 4 nitrogen and oxygen atoms in total. The lowest BCUT2D eigenvalue weighted by Gasteiger charge is -2.11. The van der Waals surface area contributed by atoms with Crippen molar-refractivity contribution in [3.63, 3.8) is 0 Å². The number of benzene rings is 2. The van der Waals surface area contributed by atoms with Gasteiger partial charge < -0.3 is 15.7 Å². The predicted molar refractivity (Wildman–Crippen MR) is 77.3 cm³/mol. The Morgan fingerprint density at radius 2 is 2.00 bits per heavy atom. The Bertz CT molecular complexity index is 693. The summed E-state index contributed by atoms with van der Waals surface area (Å²) in [7, 11) is 0. The van der Waals surface area contributed by atoms with Gasteiger partial charge in [0.2, 0.25) is 0 Å². The summed E-state index contributed by atoms with van der Waals surface area (Å²) in [5, 5.41) is 11.5. The number of oxime groups is 1. The van der Waals surface area contributed by atoms with Crippen LogP contribution in [0.25, 0.3) is 0 Å². The van der Waals surface area contributed by atoms with E-state index in [1.165, 1.54) is 24.3 Å². The van der Waals surface area contributed by atoms with E-state index >= 15 is 0 Å². The van der Waals surface area contributed by atoms with E-state index in [0.717, 1.165) is 6.07 Å². The summed E-state index contributed by atoms with van der Waals surface area (Å²) < 4.78 is 32.3. The minimum absolute atomic E-state index is 0.0207. The second-order valence-electron chi connectivity index (χ2n) is 4.15. The van der Waals surface area contributed by atoms with Crippen molar-refractivity contribution in [3.8, 4) is 5.75 Å². The molecule has 2 aromatic rings. The Morgan fingerprint density at radius 1 is 1.24 bits per heavy atom. The van der Waals surface area contributed by atoms with Crippen LogP contribution >= 0.6 is 15.9 Å². The van der Waals surface area contributed by atoms with Gasteiger partial charge in [0, 0.05) is 17.2 Å². The first-order valence-electron chi connectivity index (χ1n) is 5.85. The molecule has 0 spiro atoms. The summed E-state index contributed by atoms with van der Waals surface area (Å²) in [4.78, 5) is 0. The molecule has 0 fully saturated rings. The molecule has 110 valence electrons. The lowest BCUT2D eigenvalue weighted by molar-refractivity contribution is 0.303. The summed E-state index contributed by atoms with van der Waals surface area (Å²) >= 11 is 3.04. The number of nitrogens with zero attached hydrogens (tertiary/aromatic N) is 1. The molecule has 0 heterocycles. The van der Waals surface area contributed by atoms with Gasteiger partial charge >= 0.3 is 0 Å². The molecule has 0 aliphatic carbocycles. The van der Waals surface area contributed by atoms with E-state index in [0.29, 0.717) is 15.8 Å². The predicted octanol–water partition coefficient (Wildman–Crippen LogP) is 3.40. The molecule has 0 saturated carbocycles. The molecule has 0 atom stereocenters. The first kappa shape index (κ1) is 15.2. The molecule has 3 N–H and O–H groups in total. The van der Waals surface area contributed by atoms with Crippen LogP contribution in [-0.2, 0) is 6.61 Å². The van der Waals surface area contributed by atoms with Gasteiger partial charge in [0.05, 0.1) is 4.47 Å².